The zero-order valence-corrected chi connectivity index (χ0v) is 11.1. The minimum Gasteiger partial charge on any atom is -0.492 e. The van der Waals surface area contributed by atoms with Crippen molar-refractivity contribution in [2.75, 3.05) is 20.2 Å². The van der Waals surface area contributed by atoms with Crippen molar-refractivity contribution in [2.24, 2.45) is 0 Å². The van der Waals surface area contributed by atoms with Gasteiger partial charge in [0.05, 0.1) is 0 Å². The van der Waals surface area contributed by atoms with Gasteiger partial charge in [0.25, 0.3) is 0 Å². The Balaban J connectivity index is 2.76. The molecule has 0 spiro atoms. The molecular formula is C14H23NO. The standard InChI is InChI=1S/C14H23NO/c1-11-10-12(14(2,3)4)6-7-13(11)16-9-8-15-5/h6-7,10,15H,8-9H2,1-5H3. The average Bonchev–Trinajstić information content (AvgIpc) is 2.19. The SMILES string of the molecule is CNCCOc1ccc(C(C)(C)C)cc1C. The lowest BCUT2D eigenvalue weighted by Gasteiger charge is -2.20. The number of hydrogen-bond acceptors (Lipinski definition) is 2. The second-order valence-electron chi connectivity index (χ2n) is 5.18. The van der Waals surface area contributed by atoms with E-state index in [1.807, 2.05) is 7.05 Å². The predicted octanol–water partition coefficient (Wildman–Crippen LogP) is 2.89. The summed E-state index contributed by atoms with van der Waals surface area (Å²) in [5.41, 5.74) is 2.77. The molecule has 2 nitrogen and oxygen atoms in total. The van der Waals surface area contributed by atoms with E-state index in [1.165, 1.54) is 11.1 Å². The molecule has 0 aromatic heterocycles. The maximum absolute atomic E-state index is 5.68. The maximum Gasteiger partial charge on any atom is 0.122 e. The van der Waals surface area contributed by atoms with Crippen molar-refractivity contribution in [1.29, 1.82) is 0 Å². The van der Waals surface area contributed by atoms with E-state index in [9.17, 15) is 0 Å². The van der Waals surface area contributed by atoms with Crippen LogP contribution in [-0.4, -0.2) is 20.2 Å². The van der Waals surface area contributed by atoms with E-state index in [1.54, 1.807) is 0 Å². The molecule has 1 aromatic rings. The molecule has 1 N–H and O–H groups in total. The number of hydrogen-bond donors (Lipinski definition) is 1. The average molecular weight is 221 g/mol. The van der Waals surface area contributed by atoms with E-state index < -0.39 is 0 Å². The number of nitrogens with one attached hydrogen (secondary N) is 1. The first-order valence-corrected chi connectivity index (χ1v) is 5.83. The van der Waals surface area contributed by atoms with E-state index >= 15 is 0 Å². The summed E-state index contributed by atoms with van der Waals surface area (Å²) in [6.45, 7) is 10.4. The van der Waals surface area contributed by atoms with Crippen LogP contribution in [0.1, 0.15) is 31.9 Å². The van der Waals surface area contributed by atoms with Crippen molar-refractivity contribution in [2.45, 2.75) is 33.1 Å². The molecule has 0 saturated carbocycles. The third-order valence-electron chi connectivity index (χ3n) is 2.65. The van der Waals surface area contributed by atoms with E-state index in [2.05, 4.69) is 51.2 Å². The van der Waals surface area contributed by atoms with Crippen molar-refractivity contribution in [3.8, 4) is 5.75 Å². The normalized spacial score (nSPS) is 11.6. The molecule has 0 saturated heterocycles. The Morgan fingerprint density at radius 2 is 1.94 bits per heavy atom. The van der Waals surface area contributed by atoms with Gasteiger partial charge in [0.15, 0.2) is 0 Å². The van der Waals surface area contributed by atoms with Crippen LogP contribution in [0.5, 0.6) is 5.75 Å². The maximum atomic E-state index is 5.68. The van der Waals surface area contributed by atoms with Crippen LogP contribution in [0.15, 0.2) is 18.2 Å². The van der Waals surface area contributed by atoms with Crippen LogP contribution in [-0.2, 0) is 5.41 Å². The zero-order chi connectivity index (χ0) is 12.2. The van der Waals surface area contributed by atoms with Crippen LogP contribution in [0.3, 0.4) is 0 Å². The Morgan fingerprint density at radius 3 is 2.44 bits per heavy atom. The fraction of sp³-hybridized carbons (Fsp3) is 0.571. The first kappa shape index (κ1) is 13.0. The van der Waals surface area contributed by atoms with Crippen LogP contribution >= 0.6 is 0 Å². The monoisotopic (exact) mass is 221 g/mol. The van der Waals surface area contributed by atoms with Crippen LogP contribution in [0.25, 0.3) is 0 Å². The minimum absolute atomic E-state index is 0.203. The fourth-order valence-corrected chi connectivity index (χ4v) is 1.54. The third-order valence-corrected chi connectivity index (χ3v) is 2.65. The van der Waals surface area contributed by atoms with Gasteiger partial charge in [-0.15, -0.1) is 0 Å². The Kier molecular flexibility index (Phi) is 4.36. The molecule has 0 heterocycles. The second kappa shape index (κ2) is 5.35. The number of likely N-dealkylation sites (N-methyl/N-ethyl adjacent to an activating group) is 1. The molecule has 0 amide bonds. The van der Waals surface area contributed by atoms with Crippen LogP contribution in [0.4, 0.5) is 0 Å². The van der Waals surface area contributed by atoms with Crippen LogP contribution < -0.4 is 10.1 Å². The highest BCUT2D eigenvalue weighted by Gasteiger charge is 2.14. The van der Waals surface area contributed by atoms with Gasteiger partial charge in [-0.25, -0.2) is 0 Å². The molecule has 0 aliphatic rings. The smallest absolute Gasteiger partial charge is 0.122 e. The Labute approximate surface area is 99.0 Å². The van der Waals surface area contributed by atoms with Gasteiger partial charge >= 0.3 is 0 Å². The van der Waals surface area contributed by atoms with E-state index in [4.69, 9.17) is 4.74 Å². The van der Waals surface area contributed by atoms with Crippen molar-refractivity contribution < 1.29 is 4.74 Å². The molecule has 1 rings (SSSR count). The van der Waals surface area contributed by atoms with Gasteiger partial charge in [-0.3, -0.25) is 0 Å². The lowest BCUT2D eigenvalue weighted by Crippen LogP contribution is -2.16. The van der Waals surface area contributed by atoms with Gasteiger partial charge in [-0.2, -0.15) is 0 Å². The lowest BCUT2D eigenvalue weighted by molar-refractivity contribution is 0.316. The van der Waals surface area contributed by atoms with Gasteiger partial charge < -0.3 is 10.1 Å². The van der Waals surface area contributed by atoms with Gasteiger partial charge in [-0.1, -0.05) is 32.9 Å². The highest BCUT2D eigenvalue weighted by Crippen LogP contribution is 2.27. The molecule has 0 aliphatic heterocycles. The van der Waals surface area contributed by atoms with Crippen LogP contribution in [0, 0.1) is 6.92 Å². The van der Waals surface area contributed by atoms with E-state index in [0.29, 0.717) is 6.61 Å². The van der Waals surface area contributed by atoms with Gasteiger partial charge in [0.1, 0.15) is 12.4 Å². The summed E-state index contributed by atoms with van der Waals surface area (Å²) in [4.78, 5) is 0. The number of rotatable bonds is 4. The predicted molar refractivity (Wildman–Crippen MR) is 69.3 cm³/mol. The third kappa shape index (κ3) is 3.53. The lowest BCUT2D eigenvalue weighted by atomic mass is 9.86. The summed E-state index contributed by atoms with van der Waals surface area (Å²) in [6, 6.07) is 6.45. The summed E-state index contributed by atoms with van der Waals surface area (Å²) in [5, 5.41) is 3.07. The summed E-state index contributed by atoms with van der Waals surface area (Å²) in [6.07, 6.45) is 0. The summed E-state index contributed by atoms with van der Waals surface area (Å²) < 4.78 is 5.68. The molecule has 0 bridgehead atoms. The summed E-state index contributed by atoms with van der Waals surface area (Å²) in [7, 11) is 1.93. The molecule has 1 aromatic carbocycles. The molecule has 0 atom stereocenters. The van der Waals surface area contributed by atoms with E-state index in [0.717, 1.165) is 12.3 Å². The molecule has 0 unspecified atom stereocenters. The topological polar surface area (TPSA) is 21.3 Å². The number of aryl methyl sites for hydroxylation is 1. The molecule has 0 fully saturated rings. The van der Waals surface area contributed by atoms with Crippen molar-refractivity contribution >= 4 is 0 Å². The molecule has 16 heavy (non-hydrogen) atoms. The molecule has 0 radical (unpaired) electrons. The second-order valence-corrected chi connectivity index (χ2v) is 5.18. The van der Waals surface area contributed by atoms with Crippen molar-refractivity contribution in [1.82, 2.24) is 5.32 Å². The summed E-state index contributed by atoms with van der Waals surface area (Å²) in [5.74, 6) is 0.989. The first-order valence-electron chi connectivity index (χ1n) is 5.83. The fourth-order valence-electron chi connectivity index (χ4n) is 1.54. The summed E-state index contributed by atoms with van der Waals surface area (Å²) >= 11 is 0. The number of ether oxygens (including phenoxy) is 1. The Morgan fingerprint density at radius 1 is 1.25 bits per heavy atom. The Hall–Kier alpha value is -1.02. The van der Waals surface area contributed by atoms with Gasteiger partial charge in [0, 0.05) is 6.54 Å². The Bertz CT molecular complexity index is 339. The van der Waals surface area contributed by atoms with Crippen molar-refractivity contribution in [3.05, 3.63) is 29.3 Å². The van der Waals surface area contributed by atoms with Crippen LogP contribution in [0.2, 0.25) is 0 Å². The van der Waals surface area contributed by atoms with Gasteiger partial charge in [-0.05, 0) is 36.6 Å². The zero-order valence-electron chi connectivity index (χ0n) is 11.1. The quantitative estimate of drug-likeness (QED) is 0.789. The molecule has 0 aliphatic carbocycles. The number of benzene rings is 1. The minimum atomic E-state index is 0.203. The van der Waals surface area contributed by atoms with Crippen molar-refractivity contribution in [3.63, 3.8) is 0 Å². The molecule has 2 heteroatoms. The van der Waals surface area contributed by atoms with E-state index in [-0.39, 0.29) is 5.41 Å². The first-order chi connectivity index (χ1) is 7.45. The largest absolute Gasteiger partial charge is 0.492 e. The van der Waals surface area contributed by atoms with Gasteiger partial charge in [0.2, 0.25) is 0 Å². The highest BCUT2D eigenvalue weighted by molar-refractivity contribution is 5.38. The molecule has 90 valence electrons. The molecular weight excluding hydrogens is 198 g/mol. The highest BCUT2D eigenvalue weighted by atomic mass is 16.5.